The van der Waals surface area contributed by atoms with Crippen LogP contribution in [-0.2, 0) is 4.79 Å². The molecule has 1 unspecified atom stereocenters. The van der Waals surface area contributed by atoms with Crippen LogP contribution in [0.5, 0.6) is 0 Å². The molecular weight excluding hydrogens is 214 g/mol. The third-order valence-electron chi connectivity index (χ3n) is 3.57. The van der Waals surface area contributed by atoms with Crippen molar-refractivity contribution < 1.29 is 4.79 Å². The van der Waals surface area contributed by atoms with Crippen molar-refractivity contribution >= 4 is 5.91 Å². The lowest BCUT2D eigenvalue weighted by atomic mass is 9.93. The normalized spacial score (nSPS) is 22.5. The first-order valence-electron chi connectivity index (χ1n) is 6.62. The van der Waals surface area contributed by atoms with Crippen LogP contribution in [0.1, 0.15) is 33.6 Å². The first-order chi connectivity index (χ1) is 7.95. The topological polar surface area (TPSA) is 44.4 Å². The van der Waals surface area contributed by atoms with Crippen LogP contribution in [0.15, 0.2) is 0 Å². The van der Waals surface area contributed by atoms with Crippen LogP contribution in [0.2, 0.25) is 0 Å². The van der Waals surface area contributed by atoms with Gasteiger partial charge in [-0.15, -0.1) is 0 Å². The van der Waals surface area contributed by atoms with Crippen LogP contribution >= 0.6 is 0 Å². The summed E-state index contributed by atoms with van der Waals surface area (Å²) in [5.41, 5.74) is 0.0537. The molecule has 0 saturated carbocycles. The summed E-state index contributed by atoms with van der Waals surface area (Å²) in [7, 11) is 1.79. The summed E-state index contributed by atoms with van der Waals surface area (Å²) in [4.78, 5) is 13.9. The van der Waals surface area contributed by atoms with Crippen LogP contribution in [0.4, 0.5) is 0 Å². The highest BCUT2D eigenvalue weighted by Crippen LogP contribution is 2.23. The number of nitrogens with one attached hydrogen (secondary N) is 2. The van der Waals surface area contributed by atoms with Gasteiger partial charge in [0.05, 0.1) is 6.54 Å². The van der Waals surface area contributed by atoms with Gasteiger partial charge in [0, 0.05) is 18.6 Å². The van der Waals surface area contributed by atoms with Crippen molar-refractivity contribution in [2.24, 2.45) is 5.92 Å². The van der Waals surface area contributed by atoms with Crippen molar-refractivity contribution in [1.82, 2.24) is 15.5 Å². The molecule has 1 amide bonds. The maximum absolute atomic E-state index is 11.4. The number of hydrogen-bond acceptors (Lipinski definition) is 3. The number of hydrogen-bond donors (Lipinski definition) is 2. The molecule has 1 fully saturated rings. The number of rotatable bonds is 5. The van der Waals surface area contributed by atoms with Crippen LogP contribution < -0.4 is 10.6 Å². The number of nitrogens with zero attached hydrogens (tertiary/aromatic N) is 1. The Morgan fingerprint density at radius 2 is 2.18 bits per heavy atom. The lowest BCUT2D eigenvalue weighted by molar-refractivity contribution is -0.120. The first-order valence-corrected chi connectivity index (χ1v) is 6.62. The van der Waals surface area contributed by atoms with Gasteiger partial charge in [-0.25, -0.2) is 0 Å². The Balaban J connectivity index is 2.41. The molecule has 0 aromatic carbocycles. The van der Waals surface area contributed by atoms with Gasteiger partial charge in [0.25, 0.3) is 0 Å². The largest absolute Gasteiger partial charge is 0.353 e. The van der Waals surface area contributed by atoms with E-state index in [-0.39, 0.29) is 11.4 Å². The molecule has 0 bridgehead atoms. The van der Waals surface area contributed by atoms with E-state index in [1.54, 1.807) is 7.05 Å². The van der Waals surface area contributed by atoms with E-state index in [0.717, 1.165) is 25.6 Å². The molecule has 4 nitrogen and oxygen atoms in total. The molecule has 17 heavy (non-hydrogen) atoms. The Morgan fingerprint density at radius 1 is 1.47 bits per heavy atom. The average Bonchev–Trinajstić information content (AvgIpc) is 2.27. The molecule has 2 N–H and O–H groups in total. The number of amides is 1. The molecule has 0 aromatic heterocycles. The molecule has 1 heterocycles. The van der Waals surface area contributed by atoms with Gasteiger partial charge in [0.15, 0.2) is 0 Å². The minimum absolute atomic E-state index is 0.0537. The fourth-order valence-corrected chi connectivity index (χ4v) is 2.39. The maximum atomic E-state index is 11.4. The maximum Gasteiger partial charge on any atom is 0.234 e. The number of likely N-dealkylation sites (tertiary alicyclic amines) is 1. The zero-order chi connectivity index (χ0) is 12.9. The first kappa shape index (κ1) is 14.5. The van der Waals surface area contributed by atoms with Crippen molar-refractivity contribution in [3.8, 4) is 0 Å². The molecule has 0 aliphatic carbocycles. The van der Waals surface area contributed by atoms with E-state index in [2.05, 4.69) is 36.3 Å². The molecule has 0 spiro atoms. The third kappa shape index (κ3) is 4.64. The summed E-state index contributed by atoms with van der Waals surface area (Å²) in [5.74, 6) is 0.849. The van der Waals surface area contributed by atoms with Gasteiger partial charge < -0.3 is 10.6 Å². The average molecular weight is 241 g/mol. The highest BCUT2D eigenvalue weighted by Gasteiger charge is 2.30. The predicted octanol–water partition coefficient (Wildman–Crippen LogP) is 0.833. The van der Waals surface area contributed by atoms with Crippen LogP contribution in [0.25, 0.3) is 0 Å². The van der Waals surface area contributed by atoms with E-state index in [9.17, 15) is 4.79 Å². The summed E-state index contributed by atoms with van der Waals surface area (Å²) in [6.45, 7) is 10.2. The Kier molecular flexibility index (Phi) is 5.40. The Bertz CT molecular complexity index is 253. The van der Waals surface area contributed by atoms with E-state index in [1.807, 2.05) is 0 Å². The molecular formula is C13H27N3O. The van der Waals surface area contributed by atoms with Gasteiger partial charge >= 0.3 is 0 Å². The molecule has 1 atom stereocenters. The second-order valence-corrected chi connectivity index (χ2v) is 5.81. The lowest BCUT2D eigenvalue weighted by Gasteiger charge is -2.43. The van der Waals surface area contributed by atoms with Gasteiger partial charge in [0.2, 0.25) is 5.91 Å². The Labute approximate surface area is 105 Å². The highest BCUT2D eigenvalue weighted by molar-refractivity contribution is 5.78. The highest BCUT2D eigenvalue weighted by atomic mass is 16.1. The number of carbonyl (C=O) groups is 1. The summed E-state index contributed by atoms with van der Waals surface area (Å²) in [5, 5.41) is 5.86. The van der Waals surface area contributed by atoms with E-state index in [0.29, 0.717) is 6.54 Å². The zero-order valence-electron chi connectivity index (χ0n) is 11.7. The zero-order valence-corrected chi connectivity index (χ0v) is 11.7. The lowest BCUT2D eigenvalue weighted by Crippen LogP contribution is -2.55. The molecule has 0 aromatic rings. The Morgan fingerprint density at radius 3 is 2.76 bits per heavy atom. The Hall–Kier alpha value is -0.610. The molecule has 1 aliphatic rings. The van der Waals surface area contributed by atoms with Crippen LogP contribution in [0.3, 0.4) is 0 Å². The molecule has 1 rings (SSSR count). The molecule has 100 valence electrons. The van der Waals surface area contributed by atoms with Gasteiger partial charge in [-0.3, -0.25) is 9.69 Å². The summed E-state index contributed by atoms with van der Waals surface area (Å²) in [6.07, 6.45) is 2.60. The number of carbonyl (C=O) groups excluding carboxylic acids is 1. The van der Waals surface area contributed by atoms with Crippen molar-refractivity contribution in [2.45, 2.75) is 39.2 Å². The van der Waals surface area contributed by atoms with E-state index >= 15 is 0 Å². The van der Waals surface area contributed by atoms with Crippen LogP contribution in [0, 0.1) is 5.92 Å². The van der Waals surface area contributed by atoms with Gasteiger partial charge in [0.1, 0.15) is 0 Å². The minimum Gasteiger partial charge on any atom is -0.353 e. The van der Waals surface area contributed by atoms with Gasteiger partial charge in [-0.1, -0.05) is 6.92 Å². The fourth-order valence-electron chi connectivity index (χ4n) is 2.39. The van der Waals surface area contributed by atoms with E-state index in [1.165, 1.54) is 12.8 Å². The smallest absolute Gasteiger partial charge is 0.234 e. The van der Waals surface area contributed by atoms with Crippen molar-refractivity contribution in [1.29, 1.82) is 0 Å². The standard InChI is InChI=1S/C13H27N3O/c1-11-6-5-7-16(9-11)13(2,3)10-15-12(17)8-14-4/h11,14H,5-10H2,1-4H3,(H,15,17). The second-order valence-electron chi connectivity index (χ2n) is 5.81. The van der Waals surface area contributed by atoms with Gasteiger partial charge in [-0.05, 0) is 46.2 Å². The summed E-state index contributed by atoms with van der Waals surface area (Å²) < 4.78 is 0. The van der Waals surface area contributed by atoms with Crippen molar-refractivity contribution in [3.63, 3.8) is 0 Å². The molecule has 1 saturated heterocycles. The quantitative estimate of drug-likeness (QED) is 0.749. The molecule has 0 radical (unpaired) electrons. The van der Waals surface area contributed by atoms with E-state index < -0.39 is 0 Å². The molecule has 4 heteroatoms. The number of piperidine rings is 1. The van der Waals surface area contributed by atoms with Gasteiger partial charge in [-0.2, -0.15) is 0 Å². The fraction of sp³-hybridized carbons (Fsp3) is 0.923. The minimum atomic E-state index is 0.0537. The monoisotopic (exact) mass is 241 g/mol. The molecule has 1 aliphatic heterocycles. The third-order valence-corrected chi connectivity index (χ3v) is 3.57. The summed E-state index contributed by atoms with van der Waals surface area (Å²) in [6, 6.07) is 0. The van der Waals surface area contributed by atoms with E-state index in [4.69, 9.17) is 0 Å². The van der Waals surface area contributed by atoms with Crippen LogP contribution in [-0.4, -0.2) is 49.6 Å². The predicted molar refractivity (Wildman–Crippen MR) is 71.0 cm³/mol. The van der Waals surface area contributed by atoms with Crippen molar-refractivity contribution in [3.05, 3.63) is 0 Å². The number of likely N-dealkylation sites (N-methyl/N-ethyl adjacent to an activating group) is 1. The SMILES string of the molecule is CNCC(=O)NCC(C)(C)N1CCCC(C)C1. The second kappa shape index (κ2) is 6.36. The summed E-state index contributed by atoms with van der Waals surface area (Å²) >= 11 is 0. The van der Waals surface area contributed by atoms with Crippen molar-refractivity contribution in [2.75, 3.05) is 33.2 Å².